The van der Waals surface area contributed by atoms with Gasteiger partial charge in [-0.2, -0.15) is 0 Å². The second kappa shape index (κ2) is 11.9. The molecular weight excluding hydrogens is 237 g/mol. The van der Waals surface area contributed by atoms with E-state index in [1.54, 1.807) is 0 Å². The van der Waals surface area contributed by atoms with Crippen LogP contribution in [0.2, 0.25) is 0 Å². The SMILES string of the molecule is COC(=O)CC[N+]1(C)CCCC1.[2H]C(C)=O.[O]=[AlH]. The molecule has 0 spiro atoms. The van der Waals surface area contributed by atoms with E-state index in [-0.39, 0.29) is 5.97 Å². The van der Waals surface area contributed by atoms with Gasteiger partial charge in [-0.25, -0.2) is 0 Å². The maximum absolute atomic E-state index is 10.9. The minimum atomic E-state index is -0.583. The van der Waals surface area contributed by atoms with E-state index < -0.39 is 6.26 Å². The van der Waals surface area contributed by atoms with Gasteiger partial charge in [0.2, 0.25) is 0 Å². The summed E-state index contributed by atoms with van der Waals surface area (Å²) in [7, 11) is 3.67. The summed E-state index contributed by atoms with van der Waals surface area (Å²) in [5.74, 6) is -0.0822. The standard InChI is InChI=1S/C9H18NO2.C2H4O.Al.O.H/c1-10(6-3-4-7-10)8-5-9(11)12-2;1-2-3;;;/h3-8H2,1-2H3;2H,1H3;;;/q+1;;;;/i;2D;;;. The second-order valence-electron chi connectivity index (χ2n) is 4.03. The fourth-order valence-electron chi connectivity index (χ4n) is 1.79. The first-order valence-corrected chi connectivity index (χ1v) is 6.14. The number of methoxy groups -OCH3 is 1. The van der Waals surface area contributed by atoms with E-state index in [0.717, 1.165) is 11.0 Å². The Morgan fingerprint density at radius 3 is 2.24 bits per heavy atom. The molecule has 1 aliphatic rings. The van der Waals surface area contributed by atoms with Crippen LogP contribution in [0.4, 0.5) is 0 Å². The van der Waals surface area contributed by atoms with Gasteiger partial charge in [-0.15, -0.1) is 0 Å². The first kappa shape index (κ1) is 16.4. The number of esters is 1. The fraction of sp³-hybridized carbons (Fsp3) is 0.818. The third-order valence-electron chi connectivity index (χ3n) is 2.73. The molecule has 0 amide bonds. The molecule has 5 nitrogen and oxygen atoms in total. The number of hydrogen-bond acceptors (Lipinski definition) is 4. The van der Waals surface area contributed by atoms with Crippen molar-refractivity contribution in [1.82, 2.24) is 0 Å². The summed E-state index contributed by atoms with van der Waals surface area (Å²) in [5.41, 5.74) is 0. The van der Waals surface area contributed by atoms with Gasteiger partial charge >= 0.3 is 26.0 Å². The molecule has 98 valence electrons. The monoisotopic (exact) mass is 261 g/mol. The van der Waals surface area contributed by atoms with Crippen LogP contribution in [-0.2, 0) is 18.1 Å². The van der Waals surface area contributed by atoms with Crippen molar-refractivity contribution in [2.75, 3.05) is 33.8 Å². The van der Waals surface area contributed by atoms with Crippen LogP contribution in [-0.4, -0.2) is 66.7 Å². The van der Waals surface area contributed by atoms with Crippen molar-refractivity contribution in [2.45, 2.75) is 26.2 Å². The number of carbonyl (C=O) groups excluding carboxylic acids is 2. The maximum atomic E-state index is 10.9. The van der Waals surface area contributed by atoms with Crippen LogP contribution in [0.15, 0.2) is 0 Å². The molecule has 0 aromatic carbocycles. The zero-order chi connectivity index (χ0) is 14.6. The Bertz CT molecular complexity index is 253. The molecule has 0 unspecified atom stereocenters. The predicted octanol–water partition coefficient (Wildman–Crippen LogP) is 0.228. The molecule has 0 N–H and O–H groups in total. The normalized spacial score (nSPS) is 16.5. The summed E-state index contributed by atoms with van der Waals surface area (Å²) in [6.45, 7) is 4.57. The Kier molecular flexibility index (Phi) is 11.5. The van der Waals surface area contributed by atoms with Crippen LogP contribution in [0.25, 0.3) is 0 Å². The Balaban J connectivity index is 0. The van der Waals surface area contributed by atoms with E-state index in [4.69, 9.17) is 9.97 Å². The van der Waals surface area contributed by atoms with Gasteiger partial charge in [0, 0.05) is 12.8 Å². The first-order valence-electron chi connectivity index (χ1n) is 6.06. The van der Waals surface area contributed by atoms with Gasteiger partial charge in [0.25, 0.3) is 0 Å². The summed E-state index contributed by atoms with van der Waals surface area (Å²) >= 11 is 0.611. The molecule has 1 aliphatic heterocycles. The van der Waals surface area contributed by atoms with E-state index in [9.17, 15) is 4.79 Å². The number of quaternary nitrogens is 1. The molecule has 1 fully saturated rings. The minimum absolute atomic E-state index is 0.0822. The van der Waals surface area contributed by atoms with Crippen molar-refractivity contribution in [3.63, 3.8) is 0 Å². The molecule has 6 heteroatoms. The molecule has 0 saturated carbocycles. The van der Waals surface area contributed by atoms with E-state index in [2.05, 4.69) is 11.8 Å². The van der Waals surface area contributed by atoms with Crippen LogP contribution in [0, 0.1) is 0 Å². The average Bonchev–Trinajstić information content (AvgIpc) is 2.76. The summed E-state index contributed by atoms with van der Waals surface area (Å²) in [6, 6.07) is 0. The van der Waals surface area contributed by atoms with Crippen molar-refractivity contribution < 1.29 is 24.0 Å². The Morgan fingerprint density at radius 2 is 1.88 bits per heavy atom. The summed E-state index contributed by atoms with van der Waals surface area (Å²) < 4.78 is 19.9. The predicted molar refractivity (Wildman–Crippen MR) is 66.2 cm³/mol. The Hall–Kier alpha value is -0.568. The van der Waals surface area contributed by atoms with Crippen LogP contribution < -0.4 is 0 Å². The molecule has 17 heavy (non-hydrogen) atoms. The van der Waals surface area contributed by atoms with E-state index in [1.165, 1.54) is 40.0 Å². The molecule has 1 heterocycles. The molecule has 0 aliphatic carbocycles. The number of rotatable bonds is 3. The quantitative estimate of drug-likeness (QED) is 0.316. The summed E-state index contributed by atoms with van der Waals surface area (Å²) in [4.78, 5) is 20.0. The molecule has 0 bridgehead atoms. The van der Waals surface area contributed by atoms with Gasteiger partial charge in [-0.3, -0.25) is 4.79 Å². The topological polar surface area (TPSA) is 60.4 Å². The summed E-state index contributed by atoms with van der Waals surface area (Å²) in [6.07, 6.45) is 2.59. The average molecular weight is 261 g/mol. The zero-order valence-electron chi connectivity index (χ0n) is 12.0. The van der Waals surface area contributed by atoms with Gasteiger partial charge in [0.05, 0.1) is 40.2 Å². The Labute approximate surface area is 113 Å². The van der Waals surface area contributed by atoms with Crippen molar-refractivity contribution in [3.05, 3.63) is 0 Å². The van der Waals surface area contributed by atoms with Gasteiger partial charge < -0.3 is 14.0 Å². The zero-order valence-corrected chi connectivity index (χ0v) is 12.4. The third kappa shape index (κ3) is 10.3. The van der Waals surface area contributed by atoms with Crippen LogP contribution in [0.3, 0.4) is 0 Å². The second-order valence-corrected chi connectivity index (χ2v) is 4.03. The van der Waals surface area contributed by atoms with Crippen LogP contribution >= 0.6 is 0 Å². The van der Waals surface area contributed by atoms with Crippen LogP contribution in [0.5, 0.6) is 0 Å². The molecular formula is C11H23AlNO4+. The number of aldehydes is 1. The third-order valence-corrected chi connectivity index (χ3v) is 2.73. The van der Waals surface area contributed by atoms with Crippen molar-refractivity contribution in [1.29, 1.82) is 0 Å². The van der Waals surface area contributed by atoms with Gasteiger partial charge in [-0.05, 0) is 6.92 Å². The van der Waals surface area contributed by atoms with Crippen molar-refractivity contribution >= 4 is 28.5 Å². The fourth-order valence-corrected chi connectivity index (χ4v) is 1.79. The number of ether oxygens (including phenoxy) is 1. The number of carbonyl (C=O) groups is 2. The number of likely N-dealkylation sites (tertiary alicyclic amines) is 1. The van der Waals surface area contributed by atoms with Crippen LogP contribution in [0.1, 0.15) is 27.6 Å². The van der Waals surface area contributed by atoms with Gasteiger partial charge in [-0.1, -0.05) is 0 Å². The van der Waals surface area contributed by atoms with Gasteiger partial charge in [0.15, 0.2) is 0 Å². The van der Waals surface area contributed by atoms with Gasteiger partial charge in [0.1, 0.15) is 7.63 Å². The molecule has 0 aromatic rings. The molecule has 0 radical (unpaired) electrons. The molecule has 1 rings (SSSR count). The molecule has 0 aromatic heterocycles. The first-order chi connectivity index (χ1) is 8.39. The number of nitrogens with zero attached hydrogens (tertiary/aromatic N) is 1. The summed E-state index contributed by atoms with van der Waals surface area (Å²) in [5, 5.41) is 0. The molecule has 0 atom stereocenters. The number of hydrogen-bond donors (Lipinski definition) is 0. The molecule has 1 saturated heterocycles. The van der Waals surface area contributed by atoms with E-state index in [1.807, 2.05) is 0 Å². The van der Waals surface area contributed by atoms with E-state index in [0.29, 0.717) is 22.6 Å². The Morgan fingerprint density at radius 1 is 1.47 bits per heavy atom. The van der Waals surface area contributed by atoms with Crippen molar-refractivity contribution in [3.8, 4) is 0 Å². The van der Waals surface area contributed by atoms with Crippen molar-refractivity contribution in [2.24, 2.45) is 0 Å². The van der Waals surface area contributed by atoms with E-state index >= 15 is 0 Å².